The summed E-state index contributed by atoms with van der Waals surface area (Å²) in [5, 5.41) is 4.73. The van der Waals surface area contributed by atoms with Crippen molar-refractivity contribution < 1.29 is 23.9 Å². The van der Waals surface area contributed by atoms with Crippen molar-refractivity contribution in [2.75, 3.05) is 18.5 Å². The van der Waals surface area contributed by atoms with E-state index in [2.05, 4.69) is 10.3 Å². The lowest BCUT2D eigenvalue weighted by atomic mass is 9.98. The lowest BCUT2D eigenvalue weighted by Gasteiger charge is -2.17. The molecule has 8 heteroatoms. The fourth-order valence-corrected chi connectivity index (χ4v) is 3.53. The van der Waals surface area contributed by atoms with Crippen LogP contribution in [0.3, 0.4) is 0 Å². The van der Waals surface area contributed by atoms with Crippen LogP contribution in [0.1, 0.15) is 21.8 Å². The number of carbonyl (C=O) groups is 3. The quantitative estimate of drug-likeness (QED) is 0.352. The SMILES string of the molecule is NC(=O)OCC(C(=O)Nc1ccc2cnccc2c1)c1ccc(OCC(=O)c2ccccc2)cc1. The van der Waals surface area contributed by atoms with Gasteiger partial charge in [-0.3, -0.25) is 14.6 Å². The van der Waals surface area contributed by atoms with Gasteiger partial charge in [-0.05, 0) is 41.3 Å². The van der Waals surface area contributed by atoms with Gasteiger partial charge in [0.1, 0.15) is 12.4 Å². The van der Waals surface area contributed by atoms with E-state index in [1.54, 1.807) is 67.0 Å². The standard InChI is InChI=1S/C27H23N3O5/c28-27(33)35-16-24(26(32)30-22-9-6-21-15-29-13-12-20(21)14-22)18-7-10-23(11-8-18)34-17-25(31)19-4-2-1-3-5-19/h1-15,24H,16-17H2,(H2,28,33)(H,30,32). The van der Waals surface area contributed by atoms with Crippen molar-refractivity contribution >= 4 is 34.2 Å². The van der Waals surface area contributed by atoms with E-state index < -0.39 is 12.0 Å². The molecule has 0 aliphatic rings. The molecule has 1 heterocycles. The Labute approximate surface area is 201 Å². The van der Waals surface area contributed by atoms with Gasteiger partial charge < -0.3 is 20.5 Å². The lowest BCUT2D eigenvalue weighted by molar-refractivity contribution is -0.118. The van der Waals surface area contributed by atoms with E-state index in [0.29, 0.717) is 22.6 Å². The van der Waals surface area contributed by atoms with Crippen LogP contribution in [0.4, 0.5) is 10.5 Å². The number of primary amides is 1. The normalized spacial score (nSPS) is 11.4. The molecule has 3 N–H and O–H groups in total. The van der Waals surface area contributed by atoms with E-state index in [1.165, 1.54) is 0 Å². The first-order chi connectivity index (χ1) is 17.0. The number of nitrogens with one attached hydrogen (secondary N) is 1. The predicted octanol–water partition coefficient (Wildman–Crippen LogP) is 4.31. The van der Waals surface area contributed by atoms with E-state index in [0.717, 1.165) is 10.8 Å². The highest BCUT2D eigenvalue weighted by Crippen LogP contribution is 2.24. The summed E-state index contributed by atoms with van der Waals surface area (Å²) < 4.78 is 10.5. The molecule has 0 aliphatic carbocycles. The summed E-state index contributed by atoms with van der Waals surface area (Å²) in [5.74, 6) is -0.854. The molecule has 4 rings (SSSR count). The maximum absolute atomic E-state index is 13.1. The van der Waals surface area contributed by atoms with Crippen LogP contribution in [0.2, 0.25) is 0 Å². The Balaban J connectivity index is 1.45. The van der Waals surface area contributed by atoms with Crippen LogP contribution in [0, 0.1) is 0 Å². The molecule has 2 amide bonds. The number of amides is 2. The number of aromatic nitrogens is 1. The van der Waals surface area contributed by atoms with Crippen molar-refractivity contribution in [1.29, 1.82) is 0 Å². The molecular formula is C27H23N3O5. The number of carbonyl (C=O) groups excluding carboxylic acids is 3. The topological polar surface area (TPSA) is 121 Å². The number of nitrogens with zero attached hydrogens (tertiary/aromatic N) is 1. The number of ketones is 1. The van der Waals surface area contributed by atoms with Gasteiger partial charge >= 0.3 is 6.09 Å². The van der Waals surface area contributed by atoms with Gasteiger partial charge in [-0.25, -0.2) is 4.79 Å². The fraction of sp³-hybridized carbons (Fsp3) is 0.111. The zero-order valence-electron chi connectivity index (χ0n) is 18.7. The number of hydrogen-bond acceptors (Lipinski definition) is 6. The third kappa shape index (κ3) is 6.20. The number of fused-ring (bicyclic) bond motifs is 1. The Morgan fingerprint density at radius 1 is 0.914 bits per heavy atom. The first-order valence-electron chi connectivity index (χ1n) is 10.9. The van der Waals surface area contributed by atoms with Gasteiger partial charge in [-0.15, -0.1) is 0 Å². The minimum atomic E-state index is -0.972. The molecule has 0 fully saturated rings. The Morgan fingerprint density at radius 3 is 2.43 bits per heavy atom. The van der Waals surface area contributed by atoms with Crippen LogP contribution in [0.15, 0.2) is 91.3 Å². The highest BCUT2D eigenvalue weighted by Gasteiger charge is 2.23. The van der Waals surface area contributed by atoms with Crippen LogP contribution in [0.25, 0.3) is 10.8 Å². The van der Waals surface area contributed by atoms with E-state index in [-0.39, 0.29) is 24.9 Å². The molecule has 1 atom stereocenters. The number of nitrogens with two attached hydrogens (primary N) is 1. The van der Waals surface area contributed by atoms with E-state index >= 15 is 0 Å². The van der Waals surface area contributed by atoms with Crippen molar-refractivity contribution in [3.05, 3.63) is 102 Å². The van der Waals surface area contributed by atoms with Crippen molar-refractivity contribution in [3.63, 3.8) is 0 Å². The average molecular weight is 469 g/mol. The lowest BCUT2D eigenvalue weighted by Crippen LogP contribution is -2.27. The molecule has 1 unspecified atom stereocenters. The molecule has 8 nitrogen and oxygen atoms in total. The largest absolute Gasteiger partial charge is 0.485 e. The molecule has 0 aliphatic heterocycles. The maximum atomic E-state index is 13.1. The van der Waals surface area contributed by atoms with Gasteiger partial charge in [-0.1, -0.05) is 48.5 Å². The second-order valence-corrected chi connectivity index (χ2v) is 7.76. The zero-order valence-corrected chi connectivity index (χ0v) is 18.7. The first-order valence-corrected chi connectivity index (χ1v) is 10.9. The minimum Gasteiger partial charge on any atom is -0.485 e. The Morgan fingerprint density at radius 2 is 1.69 bits per heavy atom. The third-order valence-corrected chi connectivity index (χ3v) is 5.37. The summed E-state index contributed by atoms with van der Waals surface area (Å²) in [5.41, 5.74) is 6.87. The number of hydrogen-bond donors (Lipinski definition) is 2. The van der Waals surface area contributed by atoms with Gasteiger partial charge in [-0.2, -0.15) is 0 Å². The number of pyridine rings is 1. The zero-order chi connectivity index (χ0) is 24.6. The van der Waals surface area contributed by atoms with Crippen molar-refractivity contribution in [2.45, 2.75) is 5.92 Å². The van der Waals surface area contributed by atoms with Crippen LogP contribution in [0.5, 0.6) is 5.75 Å². The van der Waals surface area contributed by atoms with E-state index in [9.17, 15) is 14.4 Å². The molecule has 0 saturated carbocycles. The van der Waals surface area contributed by atoms with E-state index in [1.807, 2.05) is 24.3 Å². The van der Waals surface area contributed by atoms with Crippen LogP contribution in [-0.2, 0) is 9.53 Å². The molecule has 3 aromatic carbocycles. The highest BCUT2D eigenvalue weighted by atomic mass is 16.5. The van der Waals surface area contributed by atoms with Crippen molar-refractivity contribution in [2.24, 2.45) is 5.73 Å². The molecule has 0 spiro atoms. The number of anilines is 1. The predicted molar refractivity (Wildman–Crippen MR) is 131 cm³/mol. The molecule has 0 saturated heterocycles. The average Bonchev–Trinajstić information content (AvgIpc) is 2.88. The van der Waals surface area contributed by atoms with Gasteiger partial charge in [0.2, 0.25) is 5.91 Å². The summed E-state index contributed by atoms with van der Waals surface area (Å²) in [6, 6.07) is 22.8. The molecule has 1 aromatic heterocycles. The van der Waals surface area contributed by atoms with Crippen LogP contribution < -0.4 is 15.8 Å². The maximum Gasteiger partial charge on any atom is 0.404 e. The van der Waals surface area contributed by atoms with Gasteiger partial charge in [0.15, 0.2) is 12.4 Å². The monoisotopic (exact) mass is 469 g/mol. The number of benzene rings is 3. The van der Waals surface area contributed by atoms with Crippen molar-refractivity contribution in [1.82, 2.24) is 4.98 Å². The molecule has 0 bridgehead atoms. The Kier molecular flexibility index (Phi) is 7.32. The van der Waals surface area contributed by atoms with E-state index in [4.69, 9.17) is 15.2 Å². The van der Waals surface area contributed by atoms with Crippen molar-refractivity contribution in [3.8, 4) is 5.75 Å². The molecule has 176 valence electrons. The second kappa shape index (κ2) is 10.9. The molecular weight excluding hydrogens is 446 g/mol. The number of ether oxygens (including phenoxy) is 2. The fourth-order valence-electron chi connectivity index (χ4n) is 3.53. The molecule has 35 heavy (non-hydrogen) atoms. The number of rotatable bonds is 9. The van der Waals surface area contributed by atoms with Gasteiger partial charge in [0.05, 0.1) is 5.92 Å². The smallest absolute Gasteiger partial charge is 0.404 e. The van der Waals surface area contributed by atoms with Crippen LogP contribution in [-0.4, -0.2) is 36.0 Å². The molecule has 0 radical (unpaired) electrons. The van der Waals surface area contributed by atoms with Gasteiger partial charge in [0.25, 0.3) is 0 Å². The third-order valence-electron chi connectivity index (χ3n) is 5.37. The Hall–Kier alpha value is -4.72. The van der Waals surface area contributed by atoms with Crippen LogP contribution >= 0.6 is 0 Å². The van der Waals surface area contributed by atoms with Gasteiger partial charge in [0, 0.05) is 29.0 Å². The first kappa shape index (κ1) is 23.4. The second-order valence-electron chi connectivity index (χ2n) is 7.76. The summed E-state index contributed by atoms with van der Waals surface area (Å²) in [6.45, 7) is -0.346. The highest BCUT2D eigenvalue weighted by molar-refractivity contribution is 5.98. The summed E-state index contributed by atoms with van der Waals surface area (Å²) in [4.78, 5) is 40.6. The summed E-state index contributed by atoms with van der Waals surface area (Å²) in [7, 11) is 0. The molecule has 4 aromatic rings. The minimum absolute atomic E-state index is 0.116. The summed E-state index contributed by atoms with van der Waals surface area (Å²) >= 11 is 0. The summed E-state index contributed by atoms with van der Waals surface area (Å²) in [6.07, 6.45) is 2.44. The Bertz CT molecular complexity index is 1340. The number of Topliss-reactive ketones (excluding diaryl/α,β-unsaturated/α-hetero) is 1.